The molecule has 0 saturated carbocycles. The summed E-state index contributed by atoms with van der Waals surface area (Å²) in [5, 5.41) is 11.4. The van der Waals surface area contributed by atoms with E-state index in [0.29, 0.717) is 0 Å². The predicted octanol–water partition coefficient (Wildman–Crippen LogP) is 0.351. The molecule has 38 heavy (non-hydrogen) atoms. The Morgan fingerprint density at radius 2 is 1.42 bits per heavy atom. The second-order valence-corrected chi connectivity index (χ2v) is 8.22. The number of carbonyl (C=O) groups is 6. The fraction of sp³-hybridized carbons (Fsp3) is 0.500. The minimum absolute atomic E-state index is 0.0894. The predicted molar refractivity (Wildman–Crippen MR) is 124 cm³/mol. The van der Waals surface area contributed by atoms with E-state index < -0.39 is 79.1 Å². The Hall–Kier alpha value is -4.20. The first kappa shape index (κ1) is 30.0. The zero-order valence-corrected chi connectivity index (χ0v) is 21.3. The van der Waals surface area contributed by atoms with Crippen molar-refractivity contribution in [1.29, 1.82) is 0 Å². The summed E-state index contributed by atoms with van der Waals surface area (Å²) in [7, 11) is 0. The minimum Gasteiger partial charge on any atom is -0.480 e. The standard InChI is InChI=1S/C24H29NO13/c1-11(23(31)32)25-22(30)16-8-6-7-9-17(16)37-24-21(36-15(5)29)20(35-14(4)28)19(34-13(3)27)18(38-24)10-33-12(2)26/h6-9,11,18-21,24H,10H2,1-5H3,(H,25,30)(H,31,32)/t11-,18+,19+,20-,21+,24-/m1/s1. The number of amides is 1. The highest BCUT2D eigenvalue weighted by molar-refractivity contribution is 5.98. The fourth-order valence-electron chi connectivity index (χ4n) is 3.50. The van der Waals surface area contributed by atoms with Crippen LogP contribution in [0.4, 0.5) is 0 Å². The average molecular weight is 539 g/mol. The van der Waals surface area contributed by atoms with Gasteiger partial charge in [0, 0.05) is 27.7 Å². The summed E-state index contributed by atoms with van der Waals surface area (Å²) in [5.41, 5.74) is -0.0894. The molecule has 1 amide bonds. The van der Waals surface area contributed by atoms with Crippen molar-refractivity contribution in [3.63, 3.8) is 0 Å². The van der Waals surface area contributed by atoms with Gasteiger partial charge in [0.05, 0.1) is 5.56 Å². The molecule has 1 saturated heterocycles. The second kappa shape index (κ2) is 13.4. The highest BCUT2D eigenvalue weighted by Crippen LogP contribution is 2.32. The van der Waals surface area contributed by atoms with Crippen molar-refractivity contribution in [2.45, 2.75) is 71.4 Å². The zero-order valence-electron chi connectivity index (χ0n) is 21.3. The highest BCUT2D eigenvalue weighted by atomic mass is 16.7. The minimum atomic E-state index is -1.57. The number of hydrogen-bond donors (Lipinski definition) is 2. The van der Waals surface area contributed by atoms with E-state index in [0.717, 1.165) is 27.7 Å². The Bertz CT molecular complexity index is 1070. The molecule has 0 unspecified atom stereocenters. The van der Waals surface area contributed by atoms with Crippen molar-refractivity contribution >= 4 is 35.8 Å². The molecule has 1 fully saturated rings. The van der Waals surface area contributed by atoms with Crippen LogP contribution < -0.4 is 10.1 Å². The smallest absolute Gasteiger partial charge is 0.325 e. The molecule has 2 rings (SSSR count). The monoisotopic (exact) mass is 539 g/mol. The molecule has 6 atom stereocenters. The van der Waals surface area contributed by atoms with Crippen LogP contribution in [-0.2, 0) is 47.7 Å². The van der Waals surface area contributed by atoms with Crippen molar-refractivity contribution in [1.82, 2.24) is 5.32 Å². The molecule has 0 aromatic heterocycles. The van der Waals surface area contributed by atoms with Crippen LogP contribution in [0.1, 0.15) is 45.0 Å². The summed E-state index contributed by atoms with van der Waals surface area (Å²) >= 11 is 0. The van der Waals surface area contributed by atoms with E-state index in [4.69, 9.17) is 33.5 Å². The Balaban J connectivity index is 2.51. The summed E-state index contributed by atoms with van der Waals surface area (Å²) in [6.45, 7) is 5.17. The molecule has 0 bridgehead atoms. The molecule has 1 aliphatic heterocycles. The van der Waals surface area contributed by atoms with Crippen LogP contribution in [0.5, 0.6) is 5.75 Å². The molecule has 1 aromatic carbocycles. The molecule has 0 radical (unpaired) electrons. The number of carboxylic acids is 1. The summed E-state index contributed by atoms with van der Waals surface area (Å²) in [5.74, 6) is -5.29. The Labute approximate surface area is 217 Å². The number of ether oxygens (including phenoxy) is 6. The van der Waals surface area contributed by atoms with Crippen molar-refractivity contribution < 1.29 is 62.3 Å². The van der Waals surface area contributed by atoms with Gasteiger partial charge in [0.25, 0.3) is 5.91 Å². The molecular formula is C24H29NO13. The molecule has 2 N–H and O–H groups in total. The van der Waals surface area contributed by atoms with Crippen LogP contribution in [0.2, 0.25) is 0 Å². The number of para-hydroxylation sites is 1. The molecule has 14 nitrogen and oxygen atoms in total. The summed E-state index contributed by atoms with van der Waals surface area (Å²) in [4.78, 5) is 71.1. The van der Waals surface area contributed by atoms with E-state index in [1.54, 1.807) is 0 Å². The molecule has 0 aliphatic carbocycles. The van der Waals surface area contributed by atoms with Gasteiger partial charge in [0.1, 0.15) is 24.5 Å². The van der Waals surface area contributed by atoms with Gasteiger partial charge < -0.3 is 38.8 Å². The molecule has 14 heteroatoms. The van der Waals surface area contributed by atoms with Crippen molar-refractivity contribution in [2.24, 2.45) is 0 Å². The number of benzene rings is 1. The Morgan fingerprint density at radius 3 is 1.97 bits per heavy atom. The van der Waals surface area contributed by atoms with E-state index in [9.17, 15) is 28.8 Å². The Kier molecular flexibility index (Phi) is 10.6. The van der Waals surface area contributed by atoms with Crippen LogP contribution in [0.3, 0.4) is 0 Å². The van der Waals surface area contributed by atoms with E-state index in [1.807, 2.05) is 0 Å². The third kappa shape index (κ3) is 8.44. The number of esters is 4. The number of carboxylic acid groups (broad SMARTS) is 1. The molecule has 1 aliphatic rings. The van der Waals surface area contributed by atoms with Crippen LogP contribution in [-0.4, -0.2) is 84.2 Å². The maximum atomic E-state index is 12.7. The average Bonchev–Trinajstić information content (AvgIpc) is 2.80. The van der Waals surface area contributed by atoms with E-state index in [-0.39, 0.29) is 11.3 Å². The quantitative estimate of drug-likeness (QED) is 0.306. The van der Waals surface area contributed by atoms with Gasteiger partial charge in [-0.15, -0.1) is 0 Å². The summed E-state index contributed by atoms with van der Waals surface area (Å²) in [6.07, 6.45) is -7.18. The topological polar surface area (TPSA) is 190 Å². The maximum Gasteiger partial charge on any atom is 0.325 e. The van der Waals surface area contributed by atoms with Crippen LogP contribution >= 0.6 is 0 Å². The molecule has 0 spiro atoms. The lowest BCUT2D eigenvalue weighted by Gasteiger charge is -2.44. The summed E-state index contributed by atoms with van der Waals surface area (Å²) < 4.78 is 32.7. The number of hydrogen-bond acceptors (Lipinski definition) is 12. The van der Waals surface area contributed by atoms with Gasteiger partial charge in [-0.05, 0) is 19.1 Å². The van der Waals surface area contributed by atoms with Crippen LogP contribution in [0, 0.1) is 0 Å². The fourth-order valence-corrected chi connectivity index (χ4v) is 3.50. The number of nitrogens with one attached hydrogen (secondary N) is 1. The lowest BCUT2D eigenvalue weighted by molar-refractivity contribution is -0.288. The van der Waals surface area contributed by atoms with Crippen molar-refractivity contribution in [3.05, 3.63) is 29.8 Å². The first-order valence-electron chi connectivity index (χ1n) is 11.4. The molecule has 1 aromatic rings. The maximum absolute atomic E-state index is 12.7. The normalized spacial score (nSPS) is 23.2. The first-order chi connectivity index (χ1) is 17.8. The van der Waals surface area contributed by atoms with Gasteiger partial charge in [-0.2, -0.15) is 0 Å². The van der Waals surface area contributed by atoms with Crippen LogP contribution in [0.15, 0.2) is 24.3 Å². The van der Waals surface area contributed by atoms with Gasteiger partial charge in [-0.3, -0.25) is 28.8 Å². The SMILES string of the molecule is CC(=O)OC[C@@H]1O[C@@H](Oc2ccccc2C(=O)N[C@H](C)C(=O)O)[C@@H](OC(C)=O)[C@H](OC(C)=O)[C@H]1OC(C)=O. The van der Waals surface area contributed by atoms with Crippen molar-refractivity contribution in [3.8, 4) is 5.75 Å². The summed E-state index contributed by atoms with van der Waals surface area (Å²) in [6, 6.07) is 4.51. The van der Waals surface area contributed by atoms with Crippen molar-refractivity contribution in [2.75, 3.05) is 6.61 Å². The van der Waals surface area contributed by atoms with Gasteiger partial charge in [0.15, 0.2) is 12.2 Å². The van der Waals surface area contributed by atoms with Gasteiger partial charge in [0.2, 0.25) is 12.4 Å². The van der Waals surface area contributed by atoms with Gasteiger partial charge in [-0.1, -0.05) is 12.1 Å². The first-order valence-corrected chi connectivity index (χ1v) is 11.4. The highest BCUT2D eigenvalue weighted by Gasteiger charge is 2.53. The number of carbonyl (C=O) groups excluding carboxylic acids is 5. The van der Waals surface area contributed by atoms with Crippen LogP contribution in [0.25, 0.3) is 0 Å². The van der Waals surface area contributed by atoms with E-state index in [1.165, 1.54) is 31.2 Å². The number of aliphatic carboxylic acids is 1. The van der Waals surface area contributed by atoms with Gasteiger partial charge >= 0.3 is 29.8 Å². The number of rotatable bonds is 10. The largest absolute Gasteiger partial charge is 0.480 e. The lowest BCUT2D eigenvalue weighted by Crippen LogP contribution is -2.63. The molecule has 1 heterocycles. The second-order valence-electron chi connectivity index (χ2n) is 8.22. The Morgan fingerprint density at radius 1 is 0.868 bits per heavy atom. The third-order valence-electron chi connectivity index (χ3n) is 5.04. The lowest BCUT2D eigenvalue weighted by atomic mass is 9.98. The van der Waals surface area contributed by atoms with E-state index in [2.05, 4.69) is 5.32 Å². The molecular weight excluding hydrogens is 510 g/mol. The zero-order chi connectivity index (χ0) is 28.6. The third-order valence-corrected chi connectivity index (χ3v) is 5.04. The van der Waals surface area contributed by atoms with Gasteiger partial charge in [-0.25, -0.2) is 0 Å². The molecule has 208 valence electrons. The van der Waals surface area contributed by atoms with E-state index >= 15 is 0 Å².